The van der Waals surface area contributed by atoms with Crippen LogP contribution in [-0.2, 0) is 0 Å². The number of hydrogen-bond acceptors (Lipinski definition) is 2. The Labute approximate surface area is 86.8 Å². The number of nitrogens with zero attached hydrogens (tertiary/aromatic N) is 1. The van der Waals surface area contributed by atoms with E-state index < -0.39 is 0 Å². The van der Waals surface area contributed by atoms with E-state index in [0.717, 1.165) is 17.9 Å². The minimum atomic E-state index is 0.348. The van der Waals surface area contributed by atoms with Gasteiger partial charge in [-0.05, 0) is 43.9 Å². The average Bonchev–Trinajstić information content (AvgIpc) is 2.80. The first kappa shape index (κ1) is 9.17. The van der Waals surface area contributed by atoms with E-state index in [1.807, 2.05) is 0 Å². The Bertz CT molecular complexity index is 235. The number of rotatable bonds is 3. The van der Waals surface area contributed by atoms with Crippen LogP contribution in [0.2, 0.25) is 0 Å². The van der Waals surface area contributed by atoms with Gasteiger partial charge in [-0.25, -0.2) is 0 Å². The zero-order valence-corrected chi connectivity index (χ0v) is 9.26. The highest BCUT2D eigenvalue weighted by molar-refractivity contribution is 5.10. The molecule has 3 fully saturated rings. The van der Waals surface area contributed by atoms with E-state index >= 15 is 0 Å². The van der Waals surface area contributed by atoms with E-state index in [-0.39, 0.29) is 0 Å². The molecule has 1 spiro atoms. The highest BCUT2D eigenvalue weighted by atomic mass is 15.3. The second-order valence-electron chi connectivity index (χ2n) is 6.05. The van der Waals surface area contributed by atoms with Crippen molar-refractivity contribution in [2.75, 3.05) is 19.6 Å². The number of likely N-dealkylation sites (tertiary alicyclic amines) is 1. The van der Waals surface area contributed by atoms with E-state index in [1.165, 1.54) is 45.2 Å². The van der Waals surface area contributed by atoms with Crippen LogP contribution in [0.4, 0.5) is 0 Å². The summed E-state index contributed by atoms with van der Waals surface area (Å²) in [5.41, 5.74) is 7.07. The fourth-order valence-corrected chi connectivity index (χ4v) is 3.38. The maximum absolute atomic E-state index is 5.96. The summed E-state index contributed by atoms with van der Waals surface area (Å²) in [6, 6.07) is 0. The summed E-state index contributed by atoms with van der Waals surface area (Å²) in [5, 5.41) is 0. The highest BCUT2D eigenvalue weighted by Crippen LogP contribution is 2.53. The van der Waals surface area contributed by atoms with Gasteiger partial charge < -0.3 is 5.73 Å². The standard InChI is InChI=1S/C12H22N2/c1-11(7-13,10-3-4-10)14-8-12(9-14)5-2-6-12/h10H,2-9,13H2,1H3. The van der Waals surface area contributed by atoms with E-state index in [2.05, 4.69) is 11.8 Å². The molecule has 0 aromatic heterocycles. The zero-order chi connectivity index (χ0) is 9.81. The van der Waals surface area contributed by atoms with Crippen molar-refractivity contribution in [2.24, 2.45) is 17.1 Å². The topological polar surface area (TPSA) is 29.3 Å². The van der Waals surface area contributed by atoms with Crippen LogP contribution < -0.4 is 5.73 Å². The van der Waals surface area contributed by atoms with Gasteiger partial charge in [0.2, 0.25) is 0 Å². The molecule has 80 valence electrons. The summed E-state index contributed by atoms with van der Waals surface area (Å²) < 4.78 is 0. The minimum Gasteiger partial charge on any atom is -0.329 e. The summed E-state index contributed by atoms with van der Waals surface area (Å²) in [4.78, 5) is 2.67. The zero-order valence-electron chi connectivity index (χ0n) is 9.26. The van der Waals surface area contributed by atoms with Gasteiger partial charge in [-0.1, -0.05) is 6.42 Å². The molecule has 2 heteroatoms. The van der Waals surface area contributed by atoms with Gasteiger partial charge in [0.15, 0.2) is 0 Å². The van der Waals surface area contributed by atoms with Gasteiger partial charge in [0.25, 0.3) is 0 Å². The molecule has 1 aliphatic heterocycles. The fraction of sp³-hybridized carbons (Fsp3) is 1.00. The number of nitrogens with two attached hydrogens (primary N) is 1. The molecule has 0 aromatic rings. The van der Waals surface area contributed by atoms with E-state index in [1.54, 1.807) is 0 Å². The minimum absolute atomic E-state index is 0.348. The maximum Gasteiger partial charge on any atom is 0.0332 e. The quantitative estimate of drug-likeness (QED) is 0.739. The van der Waals surface area contributed by atoms with Gasteiger partial charge in [-0.3, -0.25) is 4.90 Å². The molecule has 0 aromatic carbocycles. The van der Waals surface area contributed by atoms with Crippen LogP contribution in [0, 0.1) is 11.3 Å². The fourth-order valence-electron chi connectivity index (χ4n) is 3.38. The predicted octanol–water partition coefficient (Wildman–Crippen LogP) is 1.60. The van der Waals surface area contributed by atoms with Crippen molar-refractivity contribution in [3.05, 3.63) is 0 Å². The van der Waals surface area contributed by atoms with Crippen LogP contribution in [0.5, 0.6) is 0 Å². The summed E-state index contributed by atoms with van der Waals surface area (Å²) in [5.74, 6) is 0.907. The third-order valence-electron chi connectivity index (χ3n) is 5.06. The van der Waals surface area contributed by atoms with Gasteiger partial charge in [-0.15, -0.1) is 0 Å². The molecule has 0 bridgehead atoms. The van der Waals surface area contributed by atoms with Crippen LogP contribution in [-0.4, -0.2) is 30.1 Å². The third kappa shape index (κ3) is 1.10. The predicted molar refractivity (Wildman–Crippen MR) is 58.0 cm³/mol. The van der Waals surface area contributed by atoms with Gasteiger partial charge in [0.05, 0.1) is 0 Å². The molecule has 14 heavy (non-hydrogen) atoms. The van der Waals surface area contributed by atoms with Crippen LogP contribution in [0.3, 0.4) is 0 Å². The smallest absolute Gasteiger partial charge is 0.0332 e. The molecule has 1 atom stereocenters. The molecule has 0 amide bonds. The Hall–Kier alpha value is -0.0800. The lowest BCUT2D eigenvalue weighted by molar-refractivity contribution is -0.118. The van der Waals surface area contributed by atoms with Crippen molar-refractivity contribution < 1.29 is 0 Å². The maximum atomic E-state index is 5.96. The Balaban J connectivity index is 1.65. The highest BCUT2D eigenvalue weighted by Gasteiger charge is 2.55. The molecule has 1 heterocycles. The molecule has 2 aliphatic carbocycles. The first-order valence-corrected chi connectivity index (χ1v) is 6.14. The summed E-state index contributed by atoms with van der Waals surface area (Å²) in [6.07, 6.45) is 7.26. The lowest BCUT2D eigenvalue weighted by atomic mass is 9.62. The van der Waals surface area contributed by atoms with Crippen LogP contribution in [0.25, 0.3) is 0 Å². The molecule has 2 nitrogen and oxygen atoms in total. The van der Waals surface area contributed by atoms with Crippen LogP contribution in [0.1, 0.15) is 39.0 Å². The molecule has 1 unspecified atom stereocenters. The van der Waals surface area contributed by atoms with Crippen molar-refractivity contribution in [1.29, 1.82) is 0 Å². The number of hydrogen-bond donors (Lipinski definition) is 1. The molecule has 2 saturated carbocycles. The molecular formula is C12H22N2. The van der Waals surface area contributed by atoms with Crippen LogP contribution in [0.15, 0.2) is 0 Å². The van der Waals surface area contributed by atoms with Crippen molar-refractivity contribution in [3.8, 4) is 0 Å². The van der Waals surface area contributed by atoms with Crippen molar-refractivity contribution in [3.63, 3.8) is 0 Å². The van der Waals surface area contributed by atoms with Gasteiger partial charge in [0.1, 0.15) is 0 Å². The van der Waals surface area contributed by atoms with Gasteiger partial charge in [-0.2, -0.15) is 0 Å². The summed E-state index contributed by atoms with van der Waals surface area (Å²) in [6.45, 7) is 5.93. The van der Waals surface area contributed by atoms with Gasteiger partial charge >= 0.3 is 0 Å². The molecule has 2 N–H and O–H groups in total. The second kappa shape index (κ2) is 2.73. The van der Waals surface area contributed by atoms with Crippen LogP contribution >= 0.6 is 0 Å². The normalized spacial score (nSPS) is 34.7. The van der Waals surface area contributed by atoms with E-state index in [4.69, 9.17) is 5.73 Å². The third-order valence-corrected chi connectivity index (χ3v) is 5.06. The Kier molecular flexibility index (Phi) is 1.79. The summed E-state index contributed by atoms with van der Waals surface area (Å²) in [7, 11) is 0. The monoisotopic (exact) mass is 194 g/mol. The Morgan fingerprint density at radius 3 is 2.36 bits per heavy atom. The Morgan fingerprint density at radius 2 is 2.00 bits per heavy atom. The van der Waals surface area contributed by atoms with E-state index in [9.17, 15) is 0 Å². The second-order valence-corrected chi connectivity index (χ2v) is 6.05. The molecule has 3 aliphatic rings. The first-order valence-electron chi connectivity index (χ1n) is 6.14. The molecular weight excluding hydrogens is 172 g/mol. The average molecular weight is 194 g/mol. The largest absolute Gasteiger partial charge is 0.329 e. The summed E-state index contributed by atoms with van der Waals surface area (Å²) >= 11 is 0. The van der Waals surface area contributed by atoms with Crippen molar-refractivity contribution >= 4 is 0 Å². The lowest BCUT2D eigenvalue weighted by Crippen LogP contribution is -2.69. The van der Waals surface area contributed by atoms with Gasteiger partial charge in [0, 0.05) is 25.2 Å². The van der Waals surface area contributed by atoms with Crippen molar-refractivity contribution in [1.82, 2.24) is 4.90 Å². The Morgan fingerprint density at radius 1 is 1.36 bits per heavy atom. The van der Waals surface area contributed by atoms with E-state index in [0.29, 0.717) is 5.54 Å². The van der Waals surface area contributed by atoms with Crippen molar-refractivity contribution in [2.45, 2.75) is 44.6 Å². The first-order chi connectivity index (χ1) is 6.69. The molecule has 0 radical (unpaired) electrons. The molecule has 3 rings (SSSR count). The molecule has 1 saturated heterocycles. The lowest BCUT2D eigenvalue weighted by Gasteiger charge is -2.61. The SMILES string of the molecule is CC(CN)(C1CC1)N1CC2(CCC2)C1.